The number of rotatable bonds is 7. The molecule has 0 aliphatic heterocycles. The number of aromatic nitrogens is 2. The lowest BCUT2D eigenvalue weighted by Crippen LogP contribution is -2.19. The number of hydrogen-bond donors (Lipinski definition) is 0. The van der Waals surface area contributed by atoms with Crippen molar-refractivity contribution in [1.29, 1.82) is 0 Å². The third kappa shape index (κ3) is 4.22. The van der Waals surface area contributed by atoms with Gasteiger partial charge >= 0.3 is 0 Å². The molecule has 0 atom stereocenters. The Hall–Kier alpha value is -0.720. The Bertz CT molecular complexity index is 377. The zero-order valence-corrected chi connectivity index (χ0v) is 11.9. The standard InChI is InChI=1S/C11H17BrN2O3/c1-8(2)17-7-10(15)11-9(12)6-13-14(11)4-5-16-3/h6,8H,4-5,7H2,1-3H3. The van der Waals surface area contributed by atoms with Crippen molar-refractivity contribution < 1.29 is 14.3 Å². The molecule has 96 valence electrons. The molecule has 6 heteroatoms. The fourth-order valence-electron chi connectivity index (χ4n) is 1.30. The van der Waals surface area contributed by atoms with Gasteiger partial charge in [-0.25, -0.2) is 0 Å². The highest BCUT2D eigenvalue weighted by atomic mass is 79.9. The van der Waals surface area contributed by atoms with Gasteiger partial charge in [0.15, 0.2) is 0 Å². The maximum absolute atomic E-state index is 12.0. The van der Waals surface area contributed by atoms with Crippen LogP contribution in [0.1, 0.15) is 24.3 Å². The van der Waals surface area contributed by atoms with E-state index in [-0.39, 0.29) is 18.5 Å². The highest BCUT2D eigenvalue weighted by Crippen LogP contribution is 2.17. The van der Waals surface area contributed by atoms with Crippen molar-refractivity contribution in [3.8, 4) is 0 Å². The van der Waals surface area contributed by atoms with Crippen molar-refractivity contribution in [3.05, 3.63) is 16.4 Å². The minimum atomic E-state index is -0.0841. The first-order valence-electron chi connectivity index (χ1n) is 5.41. The van der Waals surface area contributed by atoms with E-state index in [1.54, 1.807) is 18.0 Å². The SMILES string of the molecule is COCCn1ncc(Br)c1C(=O)COC(C)C. The third-order valence-corrected chi connectivity index (χ3v) is 2.69. The van der Waals surface area contributed by atoms with Crippen LogP contribution in [0, 0.1) is 0 Å². The van der Waals surface area contributed by atoms with E-state index in [1.165, 1.54) is 0 Å². The molecule has 0 fully saturated rings. The maximum atomic E-state index is 12.0. The van der Waals surface area contributed by atoms with Gasteiger partial charge in [0, 0.05) is 7.11 Å². The monoisotopic (exact) mass is 304 g/mol. The molecule has 0 saturated carbocycles. The normalized spacial score (nSPS) is 11.1. The summed E-state index contributed by atoms with van der Waals surface area (Å²) < 4.78 is 12.6. The van der Waals surface area contributed by atoms with E-state index in [9.17, 15) is 4.79 Å². The molecule has 0 bridgehead atoms. The second-order valence-corrected chi connectivity index (χ2v) is 4.69. The van der Waals surface area contributed by atoms with E-state index < -0.39 is 0 Å². The fourth-order valence-corrected chi connectivity index (χ4v) is 1.82. The molecule has 1 heterocycles. The van der Waals surface area contributed by atoms with Gasteiger partial charge < -0.3 is 9.47 Å². The van der Waals surface area contributed by atoms with Gasteiger partial charge in [-0.1, -0.05) is 0 Å². The first kappa shape index (κ1) is 14.3. The predicted octanol–water partition coefficient (Wildman–Crippen LogP) is 1.90. The molecule has 5 nitrogen and oxygen atoms in total. The molecule has 17 heavy (non-hydrogen) atoms. The van der Waals surface area contributed by atoms with Gasteiger partial charge in [0.1, 0.15) is 12.3 Å². The number of ether oxygens (including phenoxy) is 2. The Morgan fingerprint density at radius 2 is 2.29 bits per heavy atom. The van der Waals surface area contributed by atoms with Crippen LogP contribution in [0.4, 0.5) is 0 Å². The van der Waals surface area contributed by atoms with Crippen molar-refractivity contribution in [2.75, 3.05) is 20.3 Å². The fraction of sp³-hybridized carbons (Fsp3) is 0.636. The van der Waals surface area contributed by atoms with E-state index in [0.717, 1.165) is 0 Å². The predicted molar refractivity (Wildman–Crippen MR) is 67.2 cm³/mol. The Labute approximate surface area is 109 Å². The van der Waals surface area contributed by atoms with E-state index in [1.807, 2.05) is 13.8 Å². The van der Waals surface area contributed by atoms with Crippen molar-refractivity contribution in [2.45, 2.75) is 26.5 Å². The average Bonchev–Trinajstić information content (AvgIpc) is 2.64. The lowest BCUT2D eigenvalue weighted by atomic mass is 10.3. The summed E-state index contributed by atoms with van der Waals surface area (Å²) in [5.74, 6) is -0.0841. The summed E-state index contributed by atoms with van der Waals surface area (Å²) in [4.78, 5) is 12.0. The van der Waals surface area contributed by atoms with Crippen LogP contribution in [0.2, 0.25) is 0 Å². The second-order valence-electron chi connectivity index (χ2n) is 3.84. The van der Waals surface area contributed by atoms with Crippen LogP contribution in [-0.4, -0.2) is 42.0 Å². The second kappa shape index (κ2) is 6.88. The van der Waals surface area contributed by atoms with Crippen LogP contribution < -0.4 is 0 Å². The molecule has 0 radical (unpaired) electrons. The van der Waals surface area contributed by atoms with Crippen molar-refractivity contribution in [1.82, 2.24) is 9.78 Å². The topological polar surface area (TPSA) is 53.4 Å². The number of ketones is 1. The quantitative estimate of drug-likeness (QED) is 0.722. The molecule has 0 aliphatic rings. The summed E-state index contributed by atoms with van der Waals surface area (Å²) in [7, 11) is 1.61. The lowest BCUT2D eigenvalue weighted by Gasteiger charge is -2.09. The number of Topliss-reactive ketones (excluding diaryl/α,β-unsaturated/α-hetero) is 1. The molecule has 1 aromatic heterocycles. The highest BCUT2D eigenvalue weighted by molar-refractivity contribution is 9.10. The number of halogens is 1. The molecular weight excluding hydrogens is 288 g/mol. The smallest absolute Gasteiger partial charge is 0.207 e. The average molecular weight is 305 g/mol. The van der Waals surface area contributed by atoms with Gasteiger partial charge in [0.05, 0.1) is 29.9 Å². The number of carbonyl (C=O) groups is 1. The highest BCUT2D eigenvalue weighted by Gasteiger charge is 2.17. The third-order valence-electron chi connectivity index (χ3n) is 2.11. The first-order chi connectivity index (χ1) is 8.06. The summed E-state index contributed by atoms with van der Waals surface area (Å²) in [5, 5.41) is 4.11. The summed E-state index contributed by atoms with van der Waals surface area (Å²) in [6.45, 7) is 4.91. The van der Waals surface area contributed by atoms with Gasteiger partial charge in [-0.3, -0.25) is 9.48 Å². The van der Waals surface area contributed by atoms with Gasteiger partial charge in [-0.15, -0.1) is 0 Å². The van der Waals surface area contributed by atoms with Crippen LogP contribution in [0.25, 0.3) is 0 Å². The molecule has 0 spiro atoms. The summed E-state index contributed by atoms with van der Waals surface area (Å²) >= 11 is 3.32. The zero-order chi connectivity index (χ0) is 12.8. The molecule has 0 aromatic carbocycles. The summed E-state index contributed by atoms with van der Waals surface area (Å²) in [5.41, 5.74) is 0.530. The van der Waals surface area contributed by atoms with Crippen molar-refractivity contribution in [2.24, 2.45) is 0 Å². The number of methoxy groups -OCH3 is 1. The van der Waals surface area contributed by atoms with E-state index in [2.05, 4.69) is 21.0 Å². The maximum Gasteiger partial charge on any atom is 0.207 e. The van der Waals surface area contributed by atoms with Gasteiger partial charge in [0.25, 0.3) is 0 Å². The van der Waals surface area contributed by atoms with Crippen LogP contribution in [0.3, 0.4) is 0 Å². The minimum Gasteiger partial charge on any atom is -0.383 e. The van der Waals surface area contributed by atoms with E-state index in [0.29, 0.717) is 23.3 Å². The minimum absolute atomic E-state index is 0.0353. The van der Waals surface area contributed by atoms with Crippen LogP contribution >= 0.6 is 15.9 Å². The Kier molecular flexibility index (Phi) is 5.80. The van der Waals surface area contributed by atoms with Gasteiger partial charge in [-0.2, -0.15) is 5.10 Å². The molecule has 0 unspecified atom stereocenters. The van der Waals surface area contributed by atoms with Crippen LogP contribution in [-0.2, 0) is 16.0 Å². The summed E-state index contributed by atoms with van der Waals surface area (Å²) in [6, 6.07) is 0. The largest absolute Gasteiger partial charge is 0.383 e. The molecular formula is C11H17BrN2O3. The molecule has 0 saturated heterocycles. The summed E-state index contributed by atoms with van der Waals surface area (Å²) in [6.07, 6.45) is 1.64. The number of nitrogens with zero attached hydrogens (tertiary/aromatic N) is 2. The first-order valence-corrected chi connectivity index (χ1v) is 6.20. The van der Waals surface area contributed by atoms with Gasteiger partial charge in [-0.05, 0) is 29.8 Å². The van der Waals surface area contributed by atoms with E-state index in [4.69, 9.17) is 9.47 Å². The van der Waals surface area contributed by atoms with Crippen LogP contribution in [0.5, 0.6) is 0 Å². The Morgan fingerprint density at radius 1 is 1.59 bits per heavy atom. The molecule has 0 aliphatic carbocycles. The lowest BCUT2D eigenvalue weighted by molar-refractivity contribution is 0.0573. The van der Waals surface area contributed by atoms with Crippen LogP contribution in [0.15, 0.2) is 10.7 Å². The van der Waals surface area contributed by atoms with Crippen molar-refractivity contribution in [3.63, 3.8) is 0 Å². The molecule has 0 N–H and O–H groups in total. The molecule has 1 aromatic rings. The van der Waals surface area contributed by atoms with E-state index >= 15 is 0 Å². The number of carbonyl (C=O) groups excluding carboxylic acids is 1. The Balaban J connectivity index is 2.73. The zero-order valence-electron chi connectivity index (χ0n) is 10.3. The Morgan fingerprint density at radius 3 is 2.88 bits per heavy atom. The molecule has 1 rings (SSSR count). The van der Waals surface area contributed by atoms with Crippen molar-refractivity contribution >= 4 is 21.7 Å². The van der Waals surface area contributed by atoms with Gasteiger partial charge in [0.2, 0.25) is 5.78 Å². The molecule has 0 amide bonds. The number of hydrogen-bond acceptors (Lipinski definition) is 4.